The number of piperidine rings is 1. The first kappa shape index (κ1) is 19.3. The molecule has 0 bridgehead atoms. The zero-order valence-electron chi connectivity index (χ0n) is 14.7. The first-order valence-electron chi connectivity index (χ1n) is 8.10. The minimum atomic E-state index is -4.24. The van der Waals surface area contributed by atoms with Crippen LogP contribution in [0.25, 0.3) is 0 Å². The second kappa shape index (κ2) is 7.09. The molecule has 1 fully saturated rings. The minimum Gasteiger partial charge on any atom is -0.444 e. The van der Waals surface area contributed by atoms with Crippen LogP contribution in [0.4, 0.5) is 23.9 Å². The van der Waals surface area contributed by atoms with Gasteiger partial charge in [-0.2, -0.15) is 18.2 Å². The van der Waals surface area contributed by atoms with Crippen LogP contribution in [0.15, 0.2) is 4.52 Å². The van der Waals surface area contributed by atoms with Crippen molar-refractivity contribution in [2.45, 2.75) is 58.4 Å². The van der Waals surface area contributed by atoms with Gasteiger partial charge < -0.3 is 19.5 Å². The van der Waals surface area contributed by atoms with Gasteiger partial charge in [0.2, 0.25) is 0 Å². The number of carbonyl (C=O) groups is 1. The smallest absolute Gasteiger partial charge is 0.408 e. The molecule has 1 unspecified atom stereocenters. The van der Waals surface area contributed by atoms with E-state index >= 15 is 0 Å². The highest BCUT2D eigenvalue weighted by atomic mass is 19.4. The maximum absolute atomic E-state index is 12.9. The lowest BCUT2D eigenvalue weighted by atomic mass is 9.98. The molecule has 2 atom stereocenters. The van der Waals surface area contributed by atoms with Crippen LogP contribution in [0.3, 0.4) is 0 Å². The SMILES string of the molecule is C[C@H](NC(=O)OC(C)(C)C)c1nc(N2CCCC(C(F)(F)F)C2)no1. The molecule has 10 heteroatoms. The van der Waals surface area contributed by atoms with E-state index < -0.39 is 29.8 Å². The molecule has 0 aliphatic carbocycles. The molecule has 1 aliphatic heterocycles. The van der Waals surface area contributed by atoms with E-state index in [1.807, 2.05) is 0 Å². The van der Waals surface area contributed by atoms with Gasteiger partial charge in [0.25, 0.3) is 11.8 Å². The quantitative estimate of drug-likeness (QED) is 0.885. The van der Waals surface area contributed by atoms with Crippen molar-refractivity contribution < 1.29 is 27.2 Å². The molecule has 25 heavy (non-hydrogen) atoms. The van der Waals surface area contributed by atoms with E-state index in [1.165, 1.54) is 4.90 Å². The Morgan fingerprint density at radius 3 is 2.68 bits per heavy atom. The Morgan fingerprint density at radius 1 is 1.40 bits per heavy atom. The van der Waals surface area contributed by atoms with Gasteiger partial charge in [-0.05, 0) is 45.7 Å². The fourth-order valence-corrected chi connectivity index (χ4v) is 2.50. The number of ether oxygens (including phenoxy) is 1. The van der Waals surface area contributed by atoms with Crippen LogP contribution < -0.4 is 10.2 Å². The summed E-state index contributed by atoms with van der Waals surface area (Å²) < 4.78 is 48.9. The van der Waals surface area contributed by atoms with Gasteiger partial charge >= 0.3 is 12.3 Å². The van der Waals surface area contributed by atoms with Gasteiger partial charge in [0.1, 0.15) is 11.6 Å². The first-order valence-corrected chi connectivity index (χ1v) is 8.10. The number of amides is 1. The second-order valence-corrected chi connectivity index (χ2v) is 7.13. The van der Waals surface area contributed by atoms with E-state index in [9.17, 15) is 18.0 Å². The Labute approximate surface area is 143 Å². The van der Waals surface area contributed by atoms with E-state index in [-0.39, 0.29) is 24.8 Å². The fraction of sp³-hybridized carbons (Fsp3) is 0.800. The highest BCUT2D eigenvalue weighted by Gasteiger charge is 2.42. The second-order valence-electron chi connectivity index (χ2n) is 7.13. The number of alkyl halides is 3. The normalized spacial score (nSPS) is 20.3. The summed E-state index contributed by atoms with van der Waals surface area (Å²) >= 11 is 0. The number of hydrogen-bond acceptors (Lipinski definition) is 6. The molecule has 1 aliphatic rings. The molecule has 0 spiro atoms. The first-order chi connectivity index (χ1) is 11.5. The van der Waals surface area contributed by atoms with Crippen molar-refractivity contribution in [1.29, 1.82) is 0 Å². The van der Waals surface area contributed by atoms with Gasteiger partial charge in [-0.25, -0.2) is 4.79 Å². The minimum absolute atomic E-state index is 0.0985. The molecule has 1 N–H and O–H groups in total. The van der Waals surface area contributed by atoms with Crippen LogP contribution in [0, 0.1) is 5.92 Å². The zero-order chi connectivity index (χ0) is 18.8. The summed E-state index contributed by atoms with van der Waals surface area (Å²) in [5, 5.41) is 6.29. The number of rotatable bonds is 3. The summed E-state index contributed by atoms with van der Waals surface area (Å²) in [6.07, 6.45) is -4.38. The summed E-state index contributed by atoms with van der Waals surface area (Å²) in [5.74, 6) is -1.20. The van der Waals surface area contributed by atoms with Crippen molar-refractivity contribution in [3.8, 4) is 0 Å². The number of halogens is 3. The monoisotopic (exact) mass is 364 g/mol. The van der Waals surface area contributed by atoms with Gasteiger partial charge in [0, 0.05) is 13.1 Å². The Balaban J connectivity index is 1.98. The number of hydrogen-bond donors (Lipinski definition) is 1. The Morgan fingerprint density at radius 2 is 2.08 bits per heavy atom. The molecular formula is C15H23F3N4O3. The lowest BCUT2D eigenvalue weighted by Gasteiger charge is -2.32. The van der Waals surface area contributed by atoms with Gasteiger partial charge in [-0.1, -0.05) is 0 Å². The maximum Gasteiger partial charge on any atom is 0.408 e. The Hall–Kier alpha value is -2.00. The molecular weight excluding hydrogens is 341 g/mol. The summed E-state index contributed by atoms with van der Waals surface area (Å²) in [6, 6.07) is -0.626. The highest BCUT2D eigenvalue weighted by molar-refractivity contribution is 5.68. The third kappa shape index (κ3) is 5.50. The predicted octanol–water partition coefficient (Wildman–Crippen LogP) is 3.43. The van der Waals surface area contributed by atoms with E-state index in [0.717, 1.165) is 0 Å². The number of carbonyl (C=O) groups excluding carboxylic acids is 1. The molecule has 1 saturated heterocycles. The van der Waals surface area contributed by atoms with Crippen molar-refractivity contribution in [1.82, 2.24) is 15.5 Å². The van der Waals surface area contributed by atoms with Crippen LogP contribution in [-0.4, -0.2) is 41.1 Å². The van der Waals surface area contributed by atoms with E-state index in [0.29, 0.717) is 13.0 Å². The Bertz CT molecular complexity index is 598. The van der Waals surface area contributed by atoms with E-state index in [2.05, 4.69) is 15.5 Å². The third-order valence-corrected chi connectivity index (χ3v) is 3.70. The largest absolute Gasteiger partial charge is 0.444 e. The molecule has 2 heterocycles. The third-order valence-electron chi connectivity index (χ3n) is 3.70. The fourth-order valence-electron chi connectivity index (χ4n) is 2.50. The highest BCUT2D eigenvalue weighted by Crippen LogP contribution is 2.34. The molecule has 0 radical (unpaired) electrons. The van der Waals surface area contributed by atoms with Crippen LogP contribution >= 0.6 is 0 Å². The molecule has 142 valence electrons. The molecule has 1 aromatic heterocycles. The molecule has 0 aromatic carbocycles. The summed E-state index contributed by atoms with van der Waals surface area (Å²) in [7, 11) is 0. The predicted molar refractivity (Wildman–Crippen MR) is 83.1 cm³/mol. The van der Waals surface area contributed by atoms with Gasteiger partial charge in [-0.3, -0.25) is 0 Å². The van der Waals surface area contributed by atoms with Crippen molar-refractivity contribution in [2.24, 2.45) is 5.92 Å². The number of anilines is 1. The van der Waals surface area contributed by atoms with Crippen LogP contribution in [0.2, 0.25) is 0 Å². The van der Waals surface area contributed by atoms with Gasteiger partial charge in [-0.15, -0.1) is 0 Å². The maximum atomic E-state index is 12.9. The lowest BCUT2D eigenvalue weighted by Crippen LogP contribution is -2.42. The summed E-state index contributed by atoms with van der Waals surface area (Å²) in [4.78, 5) is 17.3. The average molecular weight is 364 g/mol. The standard InChI is InChI=1S/C15H23F3N4O3/c1-9(19-13(23)24-14(2,3)4)11-20-12(21-25-11)22-7-5-6-10(8-22)15(16,17)18/h9-10H,5-8H2,1-4H3,(H,19,23)/t9-,10?/m0/s1. The summed E-state index contributed by atoms with van der Waals surface area (Å²) in [6.45, 7) is 7.05. The summed E-state index contributed by atoms with van der Waals surface area (Å²) in [5.41, 5.74) is -0.649. The lowest BCUT2D eigenvalue weighted by molar-refractivity contribution is -0.176. The van der Waals surface area contributed by atoms with Crippen molar-refractivity contribution in [3.05, 3.63) is 5.89 Å². The number of nitrogens with one attached hydrogen (secondary N) is 1. The van der Waals surface area contributed by atoms with Crippen molar-refractivity contribution >= 4 is 12.0 Å². The molecule has 7 nitrogen and oxygen atoms in total. The van der Waals surface area contributed by atoms with Crippen LogP contribution in [0.1, 0.15) is 52.5 Å². The van der Waals surface area contributed by atoms with E-state index in [4.69, 9.17) is 9.26 Å². The topological polar surface area (TPSA) is 80.5 Å². The number of nitrogens with zero attached hydrogens (tertiary/aromatic N) is 3. The molecule has 1 amide bonds. The Kier molecular flexibility index (Phi) is 5.48. The zero-order valence-corrected chi connectivity index (χ0v) is 14.7. The average Bonchev–Trinajstić information content (AvgIpc) is 2.94. The van der Waals surface area contributed by atoms with Crippen molar-refractivity contribution in [3.63, 3.8) is 0 Å². The van der Waals surface area contributed by atoms with E-state index in [1.54, 1.807) is 27.7 Å². The number of alkyl carbamates (subject to hydrolysis) is 1. The van der Waals surface area contributed by atoms with Crippen LogP contribution in [0.5, 0.6) is 0 Å². The van der Waals surface area contributed by atoms with Crippen molar-refractivity contribution in [2.75, 3.05) is 18.0 Å². The molecule has 0 saturated carbocycles. The molecule has 1 aromatic rings. The van der Waals surface area contributed by atoms with Gasteiger partial charge in [0.05, 0.1) is 5.92 Å². The molecule has 2 rings (SSSR count). The van der Waals surface area contributed by atoms with Crippen LogP contribution in [-0.2, 0) is 4.74 Å². The van der Waals surface area contributed by atoms with Gasteiger partial charge in [0.15, 0.2) is 0 Å². The number of aromatic nitrogens is 2.